The van der Waals surface area contributed by atoms with Gasteiger partial charge in [0.15, 0.2) is 0 Å². The van der Waals surface area contributed by atoms with Crippen molar-refractivity contribution >= 4 is 5.97 Å². The molecule has 0 aliphatic carbocycles. The van der Waals surface area contributed by atoms with Crippen LogP contribution in [0.25, 0.3) is 11.5 Å². The Morgan fingerprint density at radius 2 is 2.11 bits per heavy atom. The second kappa shape index (κ2) is 5.46. The highest BCUT2D eigenvalue weighted by Gasteiger charge is 2.14. The Kier molecular flexibility index (Phi) is 3.74. The van der Waals surface area contributed by atoms with E-state index in [2.05, 4.69) is 4.98 Å². The molecule has 5 heteroatoms. The van der Waals surface area contributed by atoms with E-state index < -0.39 is 5.97 Å². The Morgan fingerprint density at radius 3 is 2.72 bits per heavy atom. The second-order valence-electron chi connectivity index (χ2n) is 3.61. The second-order valence-corrected chi connectivity index (χ2v) is 3.61. The number of hydrogen-bond acceptors (Lipinski definition) is 5. The van der Waals surface area contributed by atoms with Gasteiger partial charge in [-0.15, -0.1) is 0 Å². The molecule has 5 nitrogen and oxygen atoms in total. The van der Waals surface area contributed by atoms with Crippen LogP contribution in [0, 0.1) is 0 Å². The van der Waals surface area contributed by atoms with E-state index in [0.717, 1.165) is 11.1 Å². The zero-order valence-corrected chi connectivity index (χ0v) is 9.92. The van der Waals surface area contributed by atoms with Gasteiger partial charge in [-0.25, -0.2) is 9.78 Å². The minimum atomic E-state index is -0.525. The lowest BCUT2D eigenvalue weighted by atomic mass is 10.1. The number of carbonyl (C=O) groups is 1. The zero-order chi connectivity index (χ0) is 13.0. The number of rotatable bonds is 4. The van der Waals surface area contributed by atoms with E-state index in [9.17, 15) is 4.79 Å². The van der Waals surface area contributed by atoms with Gasteiger partial charge in [0.2, 0.25) is 11.7 Å². The maximum atomic E-state index is 11.4. The van der Waals surface area contributed by atoms with Crippen LogP contribution in [0.5, 0.6) is 0 Å². The first-order valence-corrected chi connectivity index (χ1v) is 5.57. The van der Waals surface area contributed by atoms with Crippen LogP contribution in [0.4, 0.5) is 0 Å². The summed E-state index contributed by atoms with van der Waals surface area (Å²) < 4.78 is 10.1. The van der Waals surface area contributed by atoms with Gasteiger partial charge in [0, 0.05) is 5.56 Å². The van der Waals surface area contributed by atoms with Crippen LogP contribution < -0.4 is 0 Å². The fraction of sp³-hybridized carbons (Fsp3) is 0.231. The van der Waals surface area contributed by atoms with Crippen molar-refractivity contribution in [2.24, 2.45) is 0 Å². The molecule has 1 N–H and O–H groups in total. The number of nitrogens with zero attached hydrogens (tertiary/aromatic N) is 1. The number of ether oxygens (including phenoxy) is 1. The minimum absolute atomic E-state index is 0.0139. The van der Waals surface area contributed by atoms with Gasteiger partial charge in [0.05, 0.1) is 19.4 Å². The summed E-state index contributed by atoms with van der Waals surface area (Å²) in [5, 5.41) is 8.93. The summed E-state index contributed by atoms with van der Waals surface area (Å²) in [6, 6.07) is 7.08. The van der Waals surface area contributed by atoms with E-state index >= 15 is 0 Å². The summed E-state index contributed by atoms with van der Waals surface area (Å²) in [5.74, 6) is -0.0937. The smallest absolute Gasteiger partial charge is 0.375 e. The van der Waals surface area contributed by atoms with Crippen LogP contribution in [0.3, 0.4) is 0 Å². The fourth-order valence-corrected chi connectivity index (χ4v) is 1.46. The van der Waals surface area contributed by atoms with Gasteiger partial charge in [-0.2, -0.15) is 0 Å². The number of carbonyl (C=O) groups excluding carboxylic acids is 1. The molecule has 0 radical (unpaired) electrons. The van der Waals surface area contributed by atoms with Crippen molar-refractivity contribution in [1.29, 1.82) is 0 Å². The highest BCUT2D eigenvalue weighted by Crippen LogP contribution is 2.20. The normalized spacial score (nSPS) is 10.3. The lowest BCUT2D eigenvalue weighted by Gasteiger charge is -1.98. The van der Waals surface area contributed by atoms with Crippen molar-refractivity contribution in [3.8, 4) is 11.5 Å². The largest absolute Gasteiger partial charge is 0.460 e. The molecule has 94 valence electrons. The Morgan fingerprint density at radius 1 is 1.39 bits per heavy atom. The van der Waals surface area contributed by atoms with Crippen LogP contribution in [-0.2, 0) is 11.3 Å². The number of benzene rings is 1. The highest BCUT2D eigenvalue weighted by atomic mass is 16.5. The topological polar surface area (TPSA) is 72.6 Å². The third kappa shape index (κ3) is 2.57. The van der Waals surface area contributed by atoms with Gasteiger partial charge in [-0.05, 0) is 24.6 Å². The molecule has 0 aliphatic heterocycles. The minimum Gasteiger partial charge on any atom is -0.460 e. The predicted molar refractivity (Wildman–Crippen MR) is 63.8 cm³/mol. The van der Waals surface area contributed by atoms with Crippen LogP contribution in [0.1, 0.15) is 23.0 Å². The first kappa shape index (κ1) is 12.3. The van der Waals surface area contributed by atoms with E-state index in [1.165, 1.54) is 6.20 Å². The quantitative estimate of drug-likeness (QED) is 0.837. The van der Waals surface area contributed by atoms with Gasteiger partial charge in [-0.3, -0.25) is 0 Å². The maximum Gasteiger partial charge on any atom is 0.375 e. The predicted octanol–water partition coefficient (Wildman–Crippen LogP) is 2.01. The summed E-state index contributed by atoms with van der Waals surface area (Å²) in [4.78, 5) is 15.4. The molecule has 1 heterocycles. The summed E-state index contributed by atoms with van der Waals surface area (Å²) in [7, 11) is 0. The molecule has 0 fully saturated rings. The fourth-order valence-electron chi connectivity index (χ4n) is 1.46. The molecule has 0 aliphatic rings. The molecule has 0 unspecified atom stereocenters. The molecule has 1 aromatic heterocycles. The van der Waals surface area contributed by atoms with E-state index in [0.29, 0.717) is 12.5 Å². The van der Waals surface area contributed by atoms with Crippen molar-refractivity contribution in [1.82, 2.24) is 4.98 Å². The molecule has 0 atom stereocenters. The van der Waals surface area contributed by atoms with Gasteiger partial charge >= 0.3 is 5.97 Å². The number of aliphatic hydroxyl groups excluding tert-OH is 1. The van der Waals surface area contributed by atoms with E-state index in [1.54, 1.807) is 31.2 Å². The summed E-state index contributed by atoms with van der Waals surface area (Å²) in [6.45, 7) is 2.00. The molecule has 0 spiro atoms. The molecule has 1 aromatic carbocycles. The SMILES string of the molecule is CCOC(=O)c1cnc(-c2ccc(CO)cc2)o1. The average molecular weight is 247 g/mol. The highest BCUT2D eigenvalue weighted by molar-refractivity contribution is 5.86. The summed E-state index contributed by atoms with van der Waals surface area (Å²) in [5.41, 5.74) is 1.54. The standard InChI is InChI=1S/C13H13NO4/c1-2-17-13(16)11-7-14-12(18-11)10-5-3-9(8-15)4-6-10/h3-7,15H,2,8H2,1H3. The number of hydrogen-bond donors (Lipinski definition) is 1. The van der Waals surface area contributed by atoms with Gasteiger partial charge in [-0.1, -0.05) is 12.1 Å². The van der Waals surface area contributed by atoms with Gasteiger partial charge < -0.3 is 14.3 Å². The van der Waals surface area contributed by atoms with Crippen molar-refractivity contribution in [2.45, 2.75) is 13.5 Å². The van der Waals surface area contributed by atoms with Crippen LogP contribution in [0.2, 0.25) is 0 Å². The first-order chi connectivity index (χ1) is 8.74. The van der Waals surface area contributed by atoms with Crippen LogP contribution >= 0.6 is 0 Å². The zero-order valence-electron chi connectivity index (χ0n) is 9.92. The monoisotopic (exact) mass is 247 g/mol. The molecular formula is C13H13NO4. The molecule has 0 saturated heterocycles. The third-order valence-electron chi connectivity index (χ3n) is 2.37. The van der Waals surface area contributed by atoms with Crippen molar-refractivity contribution in [3.63, 3.8) is 0 Å². The third-order valence-corrected chi connectivity index (χ3v) is 2.37. The van der Waals surface area contributed by atoms with Crippen molar-refractivity contribution in [3.05, 3.63) is 41.8 Å². The van der Waals surface area contributed by atoms with E-state index in [-0.39, 0.29) is 12.4 Å². The summed E-state index contributed by atoms with van der Waals surface area (Å²) >= 11 is 0. The van der Waals surface area contributed by atoms with E-state index in [1.807, 2.05) is 0 Å². The molecule has 2 rings (SSSR count). The number of esters is 1. The van der Waals surface area contributed by atoms with Crippen LogP contribution in [-0.4, -0.2) is 22.7 Å². The lowest BCUT2D eigenvalue weighted by Crippen LogP contribution is -2.02. The Bertz CT molecular complexity index is 530. The molecule has 0 saturated carbocycles. The van der Waals surface area contributed by atoms with Crippen molar-refractivity contribution in [2.75, 3.05) is 6.61 Å². The van der Waals surface area contributed by atoms with Gasteiger partial charge in [0.25, 0.3) is 0 Å². The molecule has 2 aromatic rings. The average Bonchev–Trinajstić information content (AvgIpc) is 2.89. The Hall–Kier alpha value is -2.14. The molecule has 18 heavy (non-hydrogen) atoms. The van der Waals surface area contributed by atoms with Crippen molar-refractivity contribution < 1.29 is 19.1 Å². The molecule has 0 bridgehead atoms. The number of aromatic nitrogens is 1. The molecular weight excluding hydrogens is 234 g/mol. The van der Waals surface area contributed by atoms with Gasteiger partial charge in [0.1, 0.15) is 0 Å². The number of aliphatic hydroxyl groups is 1. The Labute approximate surface area is 104 Å². The molecule has 0 amide bonds. The summed E-state index contributed by atoms with van der Waals surface area (Å²) in [6.07, 6.45) is 1.34. The number of oxazole rings is 1. The van der Waals surface area contributed by atoms with E-state index in [4.69, 9.17) is 14.3 Å². The first-order valence-electron chi connectivity index (χ1n) is 5.57. The van der Waals surface area contributed by atoms with Crippen LogP contribution in [0.15, 0.2) is 34.9 Å². The lowest BCUT2D eigenvalue weighted by molar-refractivity contribution is 0.0491. The maximum absolute atomic E-state index is 11.4. The Balaban J connectivity index is 2.20.